The first-order valence-corrected chi connectivity index (χ1v) is 9.22. The molecule has 28 heavy (non-hydrogen) atoms. The van der Waals surface area contributed by atoms with Gasteiger partial charge in [0.2, 0.25) is 0 Å². The molecule has 3 aromatic carbocycles. The van der Waals surface area contributed by atoms with Crippen molar-refractivity contribution in [2.45, 2.75) is 26.9 Å². The second-order valence-electron chi connectivity index (χ2n) is 7.78. The van der Waals surface area contributed by atoms with Gasteiger partial charge in [-0.25, -0.2) is 4.79 Å². The number of hydrogen-bond acceptors (Lipinski definition) is 4. The summed E-state index contributed by atoms with van der Waals surface area (Å²) in [5.41, 5.74) is 9.06. The highest BCUT2D eigenvalue weighted by molar-refractivity contribution is 5.66. The maximum atomic E-state index is 12.4. The number of carbonyl (C=O) groups is 1. The summed E-state index contributed by atoms with van der Waals surface area (Å²) in [6.07, 6.45) is -1.20. The lowest BCUT2D eigenvalue weighted by Gasteiger charge is -2.30. The zero-order chi connectivity index (χ0) is 20.1. The van der Waals surface area contributed by atoms with Crippen molar-refractivity contribution < 1.29 is 14.3 Å². The molecule has 4 heteroatoms. The molecule has 0 spiro atoms. The molecule has 4 nitrogen and oxygen atoms in total. The lowest BCUT2D eigenvalue weighted by atomic mass is 9.84. The van der Waals surface area contributed by atoms with Crippen LogP contribution in [-0.2, 0) is 4.74 Å². The average molecular weight is 375 g/mol. The van der Waals surface area contributed by atoms with E-state index in [2.05, 4.69) is 18.2 Å². The Labute approximate surface area is 165 Å². The van der Waals surface area contributed by atoms with Crippen LogP contribution in [0.15, 0.2) is 78.9 Å². The number of carbonyl (C=O) groups excluding carboxylic acids is 1. The minimum atomic E-state index is -0.741. The highest BCUT2D eigenvalue weighted by Gasteiger charge is 2.31. The van der Waals surface area contributed by atoms with Crippen molar-refractivity contribution in [3.63, 3.8) is 0 Å². The van der Waals surface area contributed by atoms with Gasteiger partial charge >= 0.3 is 6.16 Å². The number of nitrogens with two attached hydrogens (primary N) is 1. The molecule has 0 aromatic heterocycles. The SMILES string of the molecule is CC(C)(C)[C@@H](OC(=O)Oc1ccc(N)cc1)c1cccc(-c2ccccc2)c1. The number of rotatable bonds is 4. The molecule has 0 bridgehead atoms. The molecule has 0 fully saturated rings. The zero-order valence-electron chi connectivity index (χ0n) is 16.4. The molecule has 0 radical (unpaired) electrons. The number of nitrogen functional groups attached to an aromatic ring is 1. The van der Waals surface area contributed by atoms with Crippen molar-refractivity contribution >= 4 is 11.8 Å². The van der Waals surface area contributed by atoms with Crippen LogP contribution in [0.4, 0.5) is 10.5 Å². The van der Waals surface area contributed by atoms with Gasteiger partial charge in [-0.15, -0.1) is 0 Å². The summed E-state index contributed by atoms with van der Waals surface area (Å²) in [7, 11) is 0. The lowest BCUT2D eigenvalue weighted by Crippen LogP contribution is -2.25. The van der Waals surface area contributed by atoms with Crippen LogP contribution in [-0.4, -0.2) is 6.16 Å². The van der Waals surface area contributed by atoms with Crippen molar-refractivity contribution in [1.29, 1.82) is 0 Å². The second-order valence-corrected chi connectivity index (χ2v) is 7.78. The summed E-state index contributed by atoms with van der Waals surface area (Å²) in [5.74, 6) is 0.393. The summed E-state index contributed by atoms with van der Waals surface area (Å²) in [5, 5.41) is 0. The minimum Gasteiger partial charge on any atom is -0.425 e. The largest absolute Gasteiger partial charge is 0.514 e. The van der Waals surface area contributed by atoms with E-state index >= 15 is 0 Å². The molecule has 0 aliphatic heterocycles. The Kier molecular flexibility index (Phi) is 5.69. The van der Waals surface area contributed by atoms with Crippen LogP contribution >= 0.6 is 0 Å². The van der Waals surface area contributed by atoms with E-state index in [1.54, 1.807) is 24.3 Å². The normalized spacial score (nSPS) is 12.2. The Bertz CT molecular complexity index is 928. The fraction of sp³-hybridized carbons (Fsp3) is 0.208. The smallest absolute Gasteiger partial charge is 0.425 e. The van der Waals surface area contributed by atoms with E-state index in [9.17, 15) is 4.79 Å². The topological polar surface area (TPSA) is 61.5 Å². The summed E-state index contributed by atoms with van der Waals surface area (Å²) in [4.78, 5) is 12.4. The predicted octanol–water partition coefficient (Wildman–Crippen LogP) is 6.24. The average Bonchev–Trinajstić information content (AvgIpc) is 2.68. The van der Waals surface area contributed by atoms with E-state index in [-0.39, 0.29) is 5.41 Å². The van der Waals surface area contributed by atoms with Gasteiger partial charge in [-0.3, -0.25) is 0 Å². The van der Waals surface area contributed by atoms with Crippen LogP contribution in [0.1, 0.15) is 32.4 Å². The second kappa shape index (κ2) is 8.17. The van der Waals surface area contributed by atoms with Crippen molar-refractivity contribution in [3.05, 3.63) is 84.4 Å². The first-order valence-electron chi connectivity index (χ1n) is 9.22. The molecule has 1 atom stereocenters. The summed E-state index contributed by atoms with van der Waals surface area (Å²) in [6, 6.07) is 24.8. The third kappa shape index (κ3) is 4.92. The highest BCUT2D eigenvalue weighted by atomic mass is 16.7. The van der Waals surface area contributed by atoms with E-state index in [0.717, 1.165) is 16.7 Å². The minimum absolute atomic E-state index is 0.310. The van der Waals surface area contributed by atoms with Gasteiger partial charge in [0, 0.05) is 11.1 Å². The van der Waals surface area contributed by atoms with Crippen molar-refractivity contribution in [2.24, 2.45) is 5.41 Å². The molecule has 0 saturated heterocycles. The summed E-state index contributed by atoms with van der Waals surface area (Å²) < 4.78 is 11.0. The van der Waals surface area contributed by atoms with Gasteiger partial charge in [-0.2, -0.15) is 0 Å². The quantitative estimate of drug-likeness (QED) is 0.333. The number of hydrogen-bond donors (Lipinski definition) is 1. The first kappa shape index (κ1) is 19.5. The Morgan fingerprint density at radius 2 is 1.50 bits per heavy atom. The van der Waals surface area contributed by atoms with Crippen molar-refractivity contribution in [1.82, 2.24) is 0 Å². The van der Waals surface area contributed by atoms with Crippen LogP contribution in [0.25, 0.3) is 11.1 Å². The molecule has 0 amide bonds. The van der Waals surface area contributed by atoms with Crippen LogP contribution in [0, 0.1) is 5.41 Å². The van der Waals surface area contributed by atoms with Gasteiger partial charge in [0.1, 0.15) is 11.9 Å². The van der Waals surface area contributed by atoms with Crippen molar-refractivity contribution in [3.8, 4) is 16.9 Å². The first-order chi connectivity index (χ1) is 13.3. The Balaban J connectivity index is 1.83. The molecule has 0 aliphatic rings. The third-order valence-electron chi connectivity index (χ3n) is 4.38. The van der Waals surface area contributed by atoms with Gasteiger partial charge < -0.3 is 15.2 Å². The van der Waals surface area contributed by atoms with Crippen LogP contribution in [0.2, 0.25) is 0 Å². The molecule has 2 N–H and O–H groups in total. The standard InChI is InChI=1S/C24H25NO3/c1-24(2,3)22(28-23(26)27-21-14-12-20(25)13-15-21)19-11-7-10-18(16-19)17-8-5-4-6-9-17/h4-16,22H,25H2,1-3H3/t22-/m0/s1. The molecular formula is C24H25NO3. The van der Waals surface area contributed by atoms with Gasteiger partial charge in [-0.05, 0) is 47.0 Å². The zero-order valence-corrected chi connectivity index (χ0v) is 16.4. The molecule has 0 aliphatic carbocycles. The fourth-order valence-corrected chi connectivity index (χ4v) is 3.01. The Morgan fingerprint density at radius 1 is 0.857 bits per heavy atom. The van der Waals surface area contributed by atoms with E-state index in [1.165, 1.54) is 0 Å². The molecule has 0 heterocycles. The molecule has 144 valence electrons. The van der Waals surface area contributed by atoms with Crippen LogP contribution in [0.3, 0.4) is 0 Å². The van der Waals surface area contributed by atoms with Gasteiger partial charge in [0.15, 0.2) is 0 Å². The third-order valence-corrected chi connectivity index (χ3v) is 4.38. The van der Waals surface area contributed by atoms with Crippen LogP contribution in [0.5, 0.6) is 5.75 Å². The highest BCUT2D eigenvalue weighted by Crippen LogP contribution is 2.38. The Morgan fingerprint density at radius 3 is 2.14 bits per heavy atom. The molecule has 0 saturated carbocycles. The predicted molar refractivity (Wildman–Crippen MR) is 112 cm³/mol. The summed E-state index contributed by atoms with van der Waals surface area (Å²) in [6.45, 7) is 6.09. The van der Waals surface area contributed by atoms with E-state index < -0.39 is 12.3 Å². The van der Waals surface area contributed by atoms with Gasteiger partial charge in [-0.1, -0.05) is 69.3 Å². The lowest BCUT2D eigenvalue weighted by molar-refractivity contribution is 0.00439. The molecular weight excluding hydrogens is 350 g/mol. The van der Waals surface area contributed by atoms with E-state index in [4.69, 9.17) is 15.2 Å². The molecule has 0 unspecified atom stereocenters. The molecule has 3 aromatic rings. The monoisotopic (exact) mass is 375 g/mol. The maximum absolute atomic E-state index is 12.4. The fourth-order valence-electron chi connectivity index (χ4n) is 3.01. The maximum Gasteiger partial charge on any atom is 0.514 e. The molecule has 3 rings (SSSR count). The number of benzene rings is 3. The van der Waals surface area contributed by atoms with Gasteiger partial charge in [0.05, 0.1) is 0 Å². The van der Waals surface area contributed by atoms with E-state index in [0.29, 0.717) is 11.4 Å². The number of anilines is 1. The van der Waals surface area contributed by atoms with Gasteiger partial charge in [0.25, 0.3) is 0 Å². The van der Waals surface area contributed by atoms with Crippen LogP contribution < -0.4 is 10.5 Å². The van der Waals surface area contributed by atoms with Crippen molar-refractivity contribution in [2.75, 3.05) is 5.73 Å². The summed E-state index contributed by atoms with van der Waals surface area (Å²) >= 11 is 0. The Hall–Kier alpha value is -3.27. The number of ether oxygens (including phenoxy) is 2. The van der Waals surface area contributed by atoms with E-state index in [1.807, 2.05) is 57.2 Å².